The smallest absolute Gasteiger partial charge is 0.224 e. The van der Waals surface area contributed by atoms with Gasteiger partial charge in [-0.3, -0.25) is 0 Å². The Morgan fingerprint density at radius 3 is 2.46 bits per heavy atom. The zero-order chi connectivity index (χ0) is 18.3. The minimum absolute atomic E-state index is 0.0695. The molecule has 0 saturated carbocycles. The predicted octanol–water partition coefficient (Wildman–Crippen LogP) is 3.90. The molecule has 0 bridgehead atoms. The number of halogens is 3. The van der Waals surface area contributed by atoms with Gasteiger partial charge in [-0.05, 0) is 18.2 Å². The molecule has 2 heterocycles. The molecule has 0 spiro atoms. The van der Waals surface area contributed by atoms with Gasteiger partial charge in [-0.1, -0.05) is 35.9 Å². The van der Waals surface area contributed by atoms with Gasteiger partial charge in [-0.25, -0.2) is 13.8 Å². The predicted molar refractivity (Wildman–Crippen MR) is 94.8 cm³/mol. The maximum absolute atomic E-state index is 13.9. The van der Waals surface area contributed by atoms with Crippen LogP contribution in [-0.4, -0.2) is 19.6 Å². The van der Waals surface area contributed by atoms with Crippen LogP contribution in [0.4, 0.5) is 14.7 Å². The molecule has 0 radical (unpaired) electrons. The van der Waals surface area contributed by atoms with Crippen LogP contribution in [0.3, 0.4) is 0 Å². The molecule has 130 valence electrons. The highest BCUT2D eigenvalue weighted by atomic mass is 35.5. The van der Waals surface area contributed by atoms with Crippen molar-refractivity contribution >= 4 is 23.2 Å². The average molecular weight is 372 g/mol. The monoisotopic (exact) mass is 371 g/mol. The van der Waals surface area contributed by atoms with Crippen molar-refractivity contribution in [2.45, 2.75) is 6.42 Å². The standard InChI is InChI=1S/C18H12ClF2N5/c19-12-5-2-1-4-10(12)15-9-17-23-16(24-18(22)26(17)25-15)8-11-13(20)6-3-7-14(11)21/h1-7,9H,8H2,(H2,22,23,24). The Balaban J connectivity index is 1.78. The van der Waals surface area contributed by atoms with E-state index in [-0.39, 0.29) is 23.8 Å². The first-order chi connectivity index (χ1) is 12.5. The molecular formula is C18H12ClF2N5. The molecule has 26 heavy (non-hydrogen) atoms. The van der Waals surface area contributed by atoms with Crippen molar-refractivity contribution < 1.29 is 8.78 Å². The summed E-state index contributed by atoms with van der Waals surface area (Å²) < 4.78 is 29.1. The van der Waals surface area contributed by atoms with E-state index < -0.39 is 11.6 Å². The highest BCUT2D eigenvalue weighted by molar-refractivity contribution is 6.33. The highest BCUT2D eigenvalue weighted by Crippen LogP contribution is 2.27. The fourth-order valence-corrected chi connectivity index (χ4v) is 2.93. The van der Waals surface area contributed by atoms with Gasteiger partial charge in [0, 0.05) is 23.6 Å². The Morgan fingerprint density at radius 1 is 1.00 bits per heavy atom. The third-order valence-electron chi connectivity index (χ3n) is 3.94. The van der Waals surface area contributed by atoms with E-state index in [4.69, 9.17) is 17.3 Å². The van der Waals surface area contributed by atoms with Crippen LogP contribution >= 0.6 is 11.6 Å². The third-order valence-corrected chi connectivity index (χ3v) is 4.27. The van der Waals surface area contributed by atoms with Gasteiger partial charge >= 0.3 is 0 Å². The molecule has 0 aliphatic rings. The Morgan fingerprint density at radius 2 is 1.73 bits per heavy atom. The Labute approximate surface area is 152 Å². The van der Waals surface area contributed by atoms with Gasteiger partial charge in [-0.15, -0.1) is 0 Å². The topological polar surface area (TPSA) is 69.1 Å². The highest BCUT2D eigenvalue weighted by Gasteiger charge is 2.15. The number of nitrogens with two attached hydrogens (primary N) is 1. The van der Waals surface area contributed by atoms with Crippen LogP contribution < -0.4 is 5.73 Å². The SMILES string of the molecule is Nc1nc(Cc2c(F)cccc2F)nc2cc(-c3ccccc3Cl)nn12. The average Bonchev–Trinajstić information content (AvgIpc) is 3.03. The number of hydrogen-bond donors (Lipinski definition) is 1. The second-order valence-corrected chi connectivity index (χ2v) is 6.06. The lowest BCUT2D eigenvalue weighted by Crippen LogP contribution is -2.09. The van der Waals surface area contributed by atoms with E-state index in [9.17, 15) is 8.78 Å². The largest absolute Gasteiger partial charge is 0.368 e. The van der Waals surface area contributed by atoms with E-state index in [0.29, 0.717) is 16.4 Å². The summed E-state index contributed by atoms with van der Waals surface area (Å²) in [5, 5.41) is 4.90. The van der Waals surface area contributed by atoms with Gasteiger partial charge in [0.1, 0.15) is 17.5 Å². The first-order valence-electron chi connectivity index (χ1n) is 7.73. The number of hydrogen-bond acceptors (Lipinski definition) is 4. The summed E-state index contributed by atoms with van der Waals surface area (Å²) in [4.78, 5) is 8.43. The molecule has 0 unspecified atom stereocenters. The van der Waals surface area contributed by atoms with E-state index in [1.54, 1.807) is 12.1 Å². The quantitative estimate of drug-likeness (QED) is 0.593. The Kier molecular flexibility index (Phi) is 4.00. The van der Waals surface area contributed by atoms with E-state index >= 15 is 0 Å². The molecule has 0 fully saturated rings. The fraction of sp³-hybridized carbons (Fsp3) is 0.0556. The molecule has 0 aliphatic carbocycles. The van der Waals surface area contributed by atoms with Crippen LogP contribution in [0.5, 0.6) is 0 Å². The van der Waals surface area contributed by atoms with Crippen LogP contribution in [0.1, 0.15) is 11.4 Å². The maximum Gasteiger partial charge on any atom is 0.224 e. The third kappa shape index (κ3) is 2.86. The normalized spacial score (nSPS) is 11.2. The second-order valence-electron chi connectivity index (χ2n) is 5.65. The number of anilines is 1. The first kappa shape index (κ1) is 16.4. The van der Waals surface area contributed by atoms with Crippen LogP contribution in [-0.2, 0) is 6.42 Å². The molecule has 2 N–H and O–H groups in total. The van der Waals surface area contributed by atoms with Gasteiger partial charge < -0.3 is 5.73 Å². The summed E-state index contributed by atoms with van der Waals surface area (Å²) in [5.74, 6) is -1.04. The lowest BCUT2D eigenvalue weighted by Gasteiger charge is -2.05. The van der Waals surface area contributed by atoms with E-state index in [0.717, 1.165) is 5.56 Å². The van der Waals surface area contributed by atoms with Crippen molar-refractivity contribution in [2.24, 2.45) is 0 Å². The summed E-state index contributed by atoms with van der Waals surface area (Å²) in [6.45, 7) is 0. The van der Waals surface area contributed by atoms with E-state index in [2.05, 4.69) is 15.1 Å². The summed E-state index contributed by atoms with van der Waals surface area (Å²) in [6, 6.07) is 12.6. The molecule has 0 saturated heterocycles. The van der Waals surface area contributed by atoms with Gasteiger partial charge in [-0.2, -0.15) is 14.6 Å². The number of aromatic nitrogens is 4. The van der Waals surface area contributed by atoms with Crippen LogP contribution in [0.25, 0.3) is 16.9 Å². The minimum Gasteiger partial charge on any atom is -0.368 e. The van der Waals surface area contributed by atoms with Crippen LogP contribution in [0, 0.1) is 11.6 Å². The van der Waals surface area contributed by atoms with Crippen molar-refractivity contribution in [2.75, 3.05) is 5.73 Å². The van der Waals surface area contributed by atoms with Gasteiger partial charge in [0.15, 0.2) is 5.65 Å². The number of fused-ring (bicyclic) bond motifs is 1. The fourth-order valence-electron chi connectivity index (χ4n) is 2.70. The van der Waals surface area contributed by atoms with Gasteiger partial charge in [0.05, 0.1) is 10.7 Å². The van der Waals surface area contributed by atoms with Gasteiger partial charge in [0.25, 0.3) is 0 Å². The lowest BCUT2D eigenvalue weighted by atomic mass is 10.1. The molecule has 2 aromatic carbocycles. The molecule has 0 atom stereocenters. The molecule has 0 amide bonds. The van der Waals surface area contributed by atoms with Crippen molar-refractivity contribution in [1.29, 1.82) is 0 Å². The molecule has 5 nitrogen and oxygen atoms in total. The second kappa shape index (κ2) is 6.34. The molecule has 4 aromatic rings. The number of nitrogen functional groups attached to an aromatic ring is 1. The molecule has 2 aromatic heterocycles. The number of rotatable bonds is 3. The maximum atomic E-state index is 13.9. The van der Waals surface area contributed by atoms with Gasteiger partial charge in [0.2, 0.25) is 5.95 Å². The van der Waals surface area contributed by atoms with Crippen LogP contribution in [0.2, 0.25) is 5.02 Å². The van der Waals surface area contributed by atoms with Crippen LogP contribution in [0.15, 0.2) is 48.5 Å². The van der Waals surface area contributed by atoms with E-state index in [1.165, 1.54) is 22.7 Å². The van der Waals surface area contributed by atoms with Crippen molar-refractivity contribution in [3.63, 3.8) is 0 Å². The molecule has 4 rings (SSSR count). The zero-order valence-corrected chi connectivity index (χ0v) is 14.1. The summed E-state index contributed by atoms with van der Waals surface area (Å²) in [6.07, 6.45) is -0.119. The number of benzene rings is 2. The Bertz CT molecular complexity index is 1110. The van der Waals surface area contributed by atoms with Crippen molar-refractivity contribution in [3.8, 4) is 11.3 Å². The molecular weight excluding hydrogens is 360 g/mol. The lowest BCUT2D eigenvalue weighted by molar-refractivity contribution is 0.559. The minimum atomic E-state index is -0.655. The van der Waals surface area contributed by atoms with E-state index in [1.807, 2.05) is 18.2 Å². The zero-order valence-electron chi connectivity index (χ0n) is 13.3. The summed E-state index contributed by atoms with van der Waals surface area (Å²) in [5.41, 5.74) is 7.55. The molecule has 0 aliphatic heterocycles. The van der Waals surface area contributed by atoms with Crippen molar-refractivity contribution in [3.05, 3.63) is 76.6 Å². The number of nitrogens with zero attached hydrogens (tertiary/aromatic N) is 4. The summed E-state index contributed by atoms with van der Waals surface area (Å²) in [7, 11) is 0. The first-order valence-corrected chi connectivity index (χ1v) is 8.10. The Hall–Kier alpha value is -3.06. The molecule has 8 heteroatoms. The van der Waals surface area contributed by atoms with Crippen molar-refractivity contribution in [1.82, 2.24) is 19.6 Å². The summed E-state index contributed by atoms with van der Waals surface area (Å²) >= 11 is 6.20.